The van der Waals surface area contributed by atoms with Gasteiger partial charge in [-0.15, -0.1) is 11.3 Å². The van der Waals surface area contributed by atoms with Crippen LogP contribution in [0.3, 0.4) is 0 Å². The molecule has 3 aromatic rings. The number of hydrogen-bond donors (Lipinski definition) is 0. The maximum absolute atomic E-state index is 13.1. The van der Waals surface area contributed by atoms with Gasteiger partial charge in [0.25, 0.3) is 0 Å². The van der Waals surface area contributed by atoms with Gasteiger partial charge in [0.05, 0.1) is 26.8 Å². The van der Waals surface area contributed by atoms with Crippen molar-refractivity contribution in [3.8, 4) is 0 Å². The average Bonchev–Trinajstić information content (AvgIpc) is 3.43. The van der Waals surface area contributed by atoms with Gasteiger partial charge in [0.15, 0.2) is 0 Å². The van der Waals surface area contributed by atoms with Crippen molar-refractivity contribution in [1.82, 2.24) is 18.8 Å². The van der Waals surface area contributed by atoms with Crippen LogP contribution < -0.4 is 0 Å². The molecule has 148 valence electrons. The first kappa shape index (κ1) is 18.6. The number of sulfonamides is 1. The zero-order chi connectivity index (χ0) is 19.5. The van der Waals surface area contributed by atoms with Crippen LogP contribution in [0.2, 0.25) is 0 Å². The normalized spacial score (nSPS) is 26.7. The lowest BCUT2D eigenvalue weighted by atomic mass is 10.0. The Hall–Kier alpha value is -1.46. The molecule has 5 rings (SSSR count). The van der Waals surface area contributed by atoms with E-state index in [1.165, 1.54) is 11.3 Å². The highest BCUT2D eigenvalue weighted by Crippen LogP contribution is 2.43. The summed E-state index contributed by atoms with van der Waals surface area (Å²) in [6.45, 7) is 1.00. The van der Waals surface area contributed by atoms with Crippen LogP contribution in [0, 0.1) is 11.8 Å². The number of aryl methyl sites for hydroxylation is 1. The second-order valence-corrected chi connectivity index (χ2v) is 12.0. The van der Waals surface area contributed by atoms with Crippen LogP contribution in [0.5, 0.6) is 0 Å². The van der Waals surface area contributed by atoms with E-state index in [2.05, 4.69) is 9.97 Å². The number of thiazole rings is 1. The Morgan fingerprint density at radius 3 is 2.64 bits per heavy atom. The van der Waals surface area contributed by atoms with E-state index in [0.29, 0.717) is 23.1 Å². The quantitative estimate of drug-likeness (QED) is 0.585. The minimum absolute atomic E-state index is 0.0505. The van der Waals surface area contributed by atoms with Gasteiger partial charge in [0.2, 0.25) is 10.0 Å². The first-order valence-corrected chi connectivity index (χ1v) is 12.7. The number of nitrogens with zero attached hydrogens (tertiary/aromatic N) is 4. The molecule has 10 heteroatoms. The molecular formula is C18H20N4O3S3. The second kappa shape index (κ2) is 6.81. The number of fused-ring (bicyclic) bond motifs is 2. The maximum atomic E-state index is 13.1. The number of rotatable bonds is 4. The SMILES string of the molecule is Cn1ccnc1[S+]([O-])[C@H]1C[C@@H]2CN(S(=O)(=O)c3ccc4ncsc4c3)C[C@@H]2C1. The van der Waals surface area contributed by atoms with Gasteiger partial charge in [-0.1, -0.05) is 0 Å². The van der Waals surface area contributed by atoms with E-state index in [9.17, 15) is 13.0 Å². The van der Waals surface area contributed by atoms with Crippen LogP contribution >= 0.6 is 11.3 Å². The van der Waals surface area contributed by atoms with Crippen LogP contribution in [-0.4, -0.2) is 50.2 Å². The molecule has 1 unspecified atom stereocenters. The van der Waals surface area contributed by atoms with Crippen LogP contribution in [-0.2, 0) is 28.2 Å². The molecule has 28 heavy (non-hydrogen) atoms. The summed E-state index contributed by atoms with van der Waals surface area (Å²) in [7, 11) is -1.67. The molecule has 0 radical (unpaired) electrons. The van der Waals surface area contributed by atoms with Gasteiger partial charge in [-0.2, -0.15) is 9.29 Å². The topological polar surface area (TPSA) is 91.1 Å². The van der Waals surface area contributed by atoms with Crippen molar-refractivity contribution in [3.63, 3.8) is 0 Å². The molecule has 1 aromatic carbocycles. The van der Waals surface area contributed by atoms with Crippen molar-refractivity contribution >= 4 is 42.8 Å². The summed E-state index contributed by atoms with van der Waals surface area (Å²) >= 11 is 0.295. The molecular weight excluding hydrogens is 416 g/mol. The highest BCUT2D eigenvalue weighted by molar-refractivity contribution is 7.91. The molecule has 0 spiro atoms. The van der Waals surface area contributed by atoms with Gasteiger partial charge in [0, 0.05) is 37.5 Å². The summed E-state index contributed by atoms with van der Waals surface area (Å²) in [4.78, 5) is 8.76. The summed E-state index contributed by atoms with van der Waals surface area (Å²) < 4.78 is 43.4. The molecule has 3 heterocycles. The summed E-state index contributed by atoms with van der Waals surface area (Å²) in [5.74, 6) is 0.521. The third kappa shape index (κ3) is 2.98. The number of aromatic nitrogens is 3. The predicted octanol–water partition coefficient (Wildman–Crippen LogP) is 2.24. The van der Waals surface area contributed by atoms with E-state index >= 15 is 0 Å². The third-order valence-corrected chi connectivity index (χ3v) is 10.2. The van der Waals surface area contributed by atoms with Gasteiger partial charge in [-0.05, 0) is 42.9 Å². The molecule has 1 saturated heterocycles. The van der Waals surface area contributed by atoms with E-state index in [1.54, 1.807) is 45.0 Å². The van der Waals surface area contributed by atoms with Crippen LogP contribution in [0.25, 0.3) is 10.2 Å². The maximum Gasteiger partial charge on any atom is 0.323 e. The molecule has 1 aliphatic heterocycles. The minimum atomic E-state index is -3.52. The fraction of sp³-hybridized carbons (Fsp3) is 0.444. The first-order chi connectivity index (χ1) is 13.4. The Bertz CT molecular complexity index is 1110. The van der Waals surface area contributed by atoms with Crippen molar-refractivity contribution in [2.24, 2.45) is 18.9 Å². The predicted molar refractivity (Wildman–Crippen MR) is 108 cm³/mol. The molecule has 4 atom stereocenters. The molecule has 2 aromatic heterocycles. The zero-order valence-corrected chi connectivity index (χ0v) is 17.7. The van der Waals surface area contributed by atoms with Crippen LogP contribution in [0.15, 0.2) is 46.2 Å². The molecule has 2 fully saturated rings. The van der Waals surface area contributed by atoms with Crippen molar-refractivity contribution in [2.75, 3.05) is 13.1 Å². The average molecular weight is 437 g/mol. The van der Waals surface area contributed by atoms with E-state index in [1.807, 2.05) is 7.05 Å². The zero-order valence-electron chi connectivity index (χ0n) is 15.3. The summed E-state index contributed by atoms with van der Waals surface area (Å²) in [6.07, 6.45) is 5.03. The highest BCUT2D eigenvalue weighted by atomic mass is 32.2. The van der Waals surface area contributed by atoms with Crippen LogP contribution in [0.1, 0.15) is 12.8 Å². The van der Waals surface area contributed by atoms with Crippen LogP contribution in [0.4, 0.5) is 0 Å². The molecule has 7 nitrogen and oxygen atoms in total. The Kier molecular flexibility index (Phi) is 4.51. The van der Waals surface area contributed by atoms with Gasteiger partial charge in [-0.3, -0.25) is 4.57 Å². The Labute approximate surface area is 170 Å². The van der Waals surface area contributed by atoms with Gasteiger partial charge in [0.1, 0.15) is 5.25 Å². The molecule has 0 N–H and O–H groups in total. The lowest BCUT2D eigenvalue weighted by Gasteiger charge is -2.20. The molecule has 0 bridgehead atoms. The van der Waals surface area contributed by atoms with Crippen molar-refractivity contribution in [2.45, 2.75) is 28.1 Å². The van der Waals surface area contributed by atoms with Gasteiger partial charge >= 0.3 is 5.16 Å². The van der Waals surface area contributed by atoms with Gasteiger partial charge < -0.3 is 4.55 Å². The van der Waals surface area contributed by atoms with Crippen molar-refractivity contribution in [3.05, 3.63) is 36.1 Å². The lowest BCUT2D eigenvalue weighted by molar-refractivity contribution is 0.443. The Balaban J connectivity index is 1.31. The summed E-state index contributed by atoms with van der Waals surface area (Å²) in [6, 6.07) is 5.13. The summed E-state index contributed by atoms with van der Waals surface area (Å²) in [5, 5.41) is 0.654. The van der Waals surface area contributed by atoms with Crippen molar-refractivity contribution in [1.29, 1.82) is 0 Å². The first-order valence-electron chi connectivity index (χ1n) is 9.15. The third-order valence-electron chi connectivity index (χ3n) is 5.87. The highest BCUT2D eigenvalue weighted by Gasteiger charge is 2.49. The Morgan fingerprint density at radius 1 is 1.21 bits per heavy atom. The number of hydrogen-bond acceptors (Lipinski definition) is 6. The standard InChI is InChI=1S/C18H20N4O3S3/c1-21-5-4-19-18(21)27(23)14-6-12-9-22(10-13(12)7-14)28(24,25)15-2-3-16-17(8-15)26-11-20-16/h2-5,8,11-14H,6-7,9-10H2,1H3/t12-,13+,14+,27?. The van der Waals surface area contributed by atoms with E-state index < -0.39 is 21.2 Å². The molecule has 2 aliphatic rings. The number of imidazole rings is 1. The fourth-order valence-electron chi connectivity index (χ4n) is 4.41. The smallest absolute Gasteiger partial charge is 0.323 e. The van der Waals surface area contributed by atoms with E-state index in [4.69, 9.17) is 0 Å². The van der Waals surface area contributed by atoms with Gasteiger partial charge in [-0.25, -0.2) is 13.4 Å². The monoisotopic (exact) mass is 436 g/mol. The van der Waals surface area contributed by atoms with Crippen molar-refractivity contribution < 1.29 is 13.0 Å². The fourth-order valence-corrected chi connectivity index (χ4v) is 8.44. The van der Waals surface area contributed by atoms with E-state index in [0.717, 1.165) is 23.1 Å². The molecule has 1 saturated carbocycles. The minimum Gasteiger partial charge on any atom is -0.609 e. The number of benzene rings is 1. The lowest BCUT2D eigenvalue weighted by Crippen LogP contribution is -2.31. The Morgan fingerprint density at radius 2 is 1.96 bits per heavy atom. The van der Waals surface area contributed by atoms with E-state index in [-0.39, 0.29) is 17.1 Å². The second-order valence-electron chi connectivity index (χ2n) is 7.54. The molecule has 0 amide bonds. The summed E-state index contributed by atoms with van der Waals surface area (Å²) in [5.41, 5.74) is 2.55. The largest absolute Gasteiger partial charge is 0.609 e. The molecule has 1 aliphatic carbocycles.